The number of benzene rings is 1. The number of pyridine rings is 1. The lowest BCUT2D eigenvalue weighted by Crippen LogP contribution is -2.31. The number of nitrogens with one attached hydrogen (secondary N) is 1. The molecule has 0 spiro atoms. The van der Waals surface area contributed by atoms with Crippen molar-refractivity contribution in [3.05, 3.63) is 52.3 Å². The molecule has 0 saturated carbocycles. The first-order valence-electron chi connectivity index (χ1n) is 7.33. The van der Waals surface area contributed by atoms with Crippen LogP contribution in [0.5, 0.6) is 0 Å². The summed E-state index contributed by atoms with van der Waals surface area (Å²) in [7, 11) is 0. The molecular weight excluding hydrogens is 342 g/mol. The molecule has 4 nitrogen and oxygen atoms in total. The zero-order valence-electron chi connectivity index (χ0n) is 13.1. The quantitative estimate of drug-likeness (QED) is 0.859. The van der Waals surface area contributed by atoms with E-state index in [2.05, 4.69) is 26.2 Å². The van der Waals surface area contributed by atoms with Crippen LogP contribution in [0.2, 0.25) is 0 Å². The molecule has 0 fully saturated rings. The molecule has 0 unspecified atom stereocenters. The van der Waals surface area contributed by atoms with Crippen LogP contribution in [0.3, 0.4) is 0 Å². The molecule has 0 bridgehead atoms. The second-order valence-corrected chi connectivity index (χ2v) is 5.91. The molecule has 1 N–H and O–H groups in total. The molecule has 1 heterocycles. The summed E-state index contributed by atoms with van der Waals surface area (Å²) in [6.07, 6.45) is 1.69. The van der Waals surface area contributed by atoms with Crippen molar-refractivity contribution < 1.29 is 4.79 Å². The van der Waals surface area contributed by atoms with Crippen LogP contribution in [-0.2, 0) is 0 Å². The Balaban J connectivity index is 2.13. The van der Waals surface area contributed by atoms with Gasteiger partial charge in [-0.05, 0) is 56.7 Å². The first kappa shape index (κ1) is 16.5. The van der Waals surface area contributed by atoms with Crippen LogP contribution < -0.4 is 5.32 Å². The molecule has 22 heavy (non-hydrogen) atoms. The first-order chi connectivity index (χ1) is 10.5. The Hall–Kier alpha value is -1.88. The van der Waals surface area contributed by atoms with Crippen LogP contribution in [0.1, 0.15) is 29.9 Å². The van der Waals surface area contributed by atoms with Gasteiger partial charge in [-0.2, -0.15) is 0 Å². The van der Waals surface area contributed by atoms with Crippen molar-refractivity contribution in [2.24, 2.45) is 0 Å². The van der Waals surface area contributed by atoms with E-state index in [0.717, 1.165) is 21.4 Å². The van der Waals surface area contributed by atoms with E-state index in [4.69, 9.17) is 0 Å². The molecular formula is C17H20BrN3O. The van der Waals surface area contributed by atoms with Gasteiger partial charge in [0.2, 0.25) is 0 Å². The fraction of sp³-hybridized carbons (Fsp3) is 0.294. The number of rotatable bonds is 5. The third-order valence-corrected chi connectivity index (χ3v) is 3.99. The van der Waals surface area contributed by atoms with Gasteiger partial charge >= 0.3 is 0 Å². The maximum Gasteiger partial charge on any atom is 0.272 e. The van der Waals surface area contributed by atoms with Crippen LogP contribution in [-0.4, -0.2) is 28.9 Å². The summed E-state index contributed by atoms with van der Waals surface area (Å²) < 4.78 is 1.05. The fourth-order valence-electron chi connectivity index (χ4n) is 2.19. The van der Waals surface area contributed by atoms with Crippen molar-refractivity contribution in [3.63, 3.8) is 0 Å². The number of hydrogen-bond acceptors (Lipinski definition) is 3. The minimum absolute atomic E-state index is 0.0311. The van der Waals surface area contributed by atoms with Crippen molar-refractivity contribution in [3.8, 4) is 0 Å². The van der Waals surface area contributed by atoms with Gasteiger partial charge in [0, 0.05) is 23.2 Å². The van der Waals surface area contributed by atoms with Gasteiger partial charge in [-0.1, -0.05) is 15.9 Å². The lowest BCUT2D eigenvalue weighted by Gasteiger charge is -2.18. The summed E-state index contributed by atoms with van der Waals surface area (Å²) in [6, 6.07) is 9.69. The van der Waals surface area contributed by atoms with E-state index in [1.807, 2.05) is 45.0 Å². The average Bonchev–Trinajstić information content (AvgIpc) is 2.52. The van der Waals surface area contributed by atoms with Gasteiger partial charge in [0.1, 0.15) is 5.69 Å². The summed E-state index contributed by atoms with van der Waals surface area (Å²) >= 11 is 3.45. The molecule has 1 aromatic carbocycles. The Bertz CT molecular complexity index is 651. The zero-order chi connectivity index (χ0) is 16.1. The summed E-state index contributed by atoms with van der Waals surface area (Å²) in [5.41, 5.74) is 3.49. The SMILES string of the molecule is CCN(CC)C(=O)c1ccc(Nc2ccc(Br)cc2C)cn1. The van der Waals surface area contributed by atoms with Crippen molar-refractivity contribution in [1.29, 1.82) is 0 Å². The molecule has 0 aliphatic carbocycles. The Morgan fingerprint density at radius 2 is 1.95 bits per heavy atom. The minimum atomic E-state index is -0.0311. The standard InChI is InChI=1S/C17H20BrN3O/c1-4-21(5-2)17(22)16-9-7-14(11-19-16)20-15-8-6-13(18)10-12(15)3/h6-11,20H,4-5H2,1-3H3. The maximum absolute atomic E-state index is 12.2. The predicted octanol–water partition coefficient (Wildman–Crippen LogP) is 4.38. The molecule has 5 heteroatoms. The van der Waals surface area contributed by atoms with E-state index < -0.39 is 0 Å². The third kappa shape index (κ3) is 3.85. The zero-order valence-corrected chi connectivity index (χ0v) is 14.6. The number of amides is 1. The van der Waals surface area contributed by atoms with Gasteiger partial charge in [-0.15, -0.1) is 0 Å². The van der Waals surface area contributed by atoms with Gasteiger partial charge < -0.3 is 10.2 Å². The number of halogens is 1. The van der Waals surface area contributed by atoms with Crippen molar-refractivity contribution in [2.75, 3.05) is 18.4 Å². The molecule has 0 radical (unpaired) electrons. The van der Waals surface area contributed by atoms with Crippen LogP contribution in [0.25, 0.3) is 0 Å². The van der Waals surface area contributed by atoms with E-state index in [-0.39, 0.29) is 5.91 Å². The number of anilines is 2. The van der Waals surface area contributed by atoms with Gasteiger partial charge in [0.05, 0.1) is 11.9 Å². The molecule has 0 aliphatic rings. The highest BCUT2D eigenvalue weighted by Crippen LogP contribution is 2.23. The molecule has 1 aromatic heterocycles. The highest BCUT2D eigenvalue weighted by molar-refractivity contribution is 9.10. The number of carbonyl (C=O) groups is 1. The van der Waals surface area contributed by atoms with Crippen LogP contribution in [0, 0.1) is 6.92 Å². The predicted molar refractivity (Wildman–Crippen MR) is 93.7 cm³/mol. The molecule has 2 rings (SSSR count). The second-order valence-electron chi connectivity index (χ2n) is 4.99. The van der Waals surface area contributed by atoms with E-state index in [0.29, 0.717) is 18.8 Å². The first-order valence-corrected chi connectivity index (χ1v) is 8.13. The van der Waals surface area contributed by atoms with Gasteiger partial charge in [0.15, 0.2) is 0 Å². The number of aryl methyl sites for hydroxylation is 1. The number of nitrogens with zero attached hydrogens (tertiary/aromatic N) is 2. The second kappa shape index (κ2) is 7.40. The maximum atomic E-state index is 12.2. The molecule has 0 aliphatic heterocycles. The Labute approximate surface area is 139 Å². The normalized spacial score (nSPS) is 10.4. The summed E-state index contributed by atoms with van der Waals surface area (Å²) in [6.45, 7) is 7.35. The Morgan fingerprint density at radius 1 is 1.23 bits per heavy atom. The Kier molecular flexibility index (Phi) is 5.55. The van der Waals surface area contributed by atoms with Gasteiger partial charge in [0.25, 0.3) is 5.91 Å². The average molecular weight is 362 g/mol. The van der Waals surface area contributed by atoms with E-state index in [1.165, 1.54) is 0 Å². The Morgan fingerprint density at radius 3 is 2.50 bits per heavy atom. The third-order valence-electron chi connectivity index (χ3n) is 3.50. The fourth-order valence-corrected chi connectivity index (χ4v) is 2.67. The lowest BCUT2D eigenvalue weighted by atomic mass is 10.2. The summed E-state index contributed by atoms with van der Waals surface area (Å²) in [5.74, 6) is -0.0311. The van der Waals surface area contributed by atoms with E-state index in [9.17, 15) is 4.79 Å². The topological polar surface area (TPSA) is 45.2 Å². The molecule has 2 aromatic rings. The van der Waals surface area contributed by atoms with Crippen LogP contribution in [0.4, 0.5) is 11.4 Å². The number of aromatic nitrogens is 1. The van der Waals surface area contributed by atoms with Gasteiger partial charge in [-0.3, -0.25) is 4.79 Å². The van der Waals surface area contributed by atoms with Crippen molar-refractivity contribution in [2.45, 2.75) is 20.8 Å². The smallest absolute Gasteiger partial charge is 0.272 e. The molecule has 0 saturated heterocycles. The number of hydrogen-bond donors (Lipinski definition) is 1. The van der Waals surface area contributed by atoms with E-state index >= 15 is 0 Å². The largest absolute Gasteiger partial charge is 0.354 e. The highest BCUT2D eigenvalue weighted by atomic mass is 79.9. The van der Waals surface area contributed by atoms with Crippen molar-refractivity contribution >= 4 is 33.2 Å². The molecule has 0 atom stereocenters. The lowest BCUT2D eigenvalue weighted by molar-refractivity contribution is 0.0767. The van der Waals surface area contributed by atoms with Gasteiger partial charge in [-0.25, -0.2) is 4.98 Å². The van der Waals surface area contributed by atoms with Crippen molar-refractivity contribution in [1.82, 2.24) is 9.88 Å². The summed E-state index contributed by atoms with van der Waals surface area (Å²) in [4.78, 5) is 18.2. The highest BCUT2D eigenvalue weighted by Gasteiger charge is 2.13. The summed E-state index contributed by atoms with van der Waals surface area (Å²) in [5, 5.41) is 3.31. The molecule has 1 amide bonds. The minimum Gasteiger partial charge on any atom is -0.354 e. The van der Waals surface area contributed by atoms with Crippen LogP contribution >= 0.6 is 15.9 Å². The number of carbonyl (C=O) groups excluding carboxylic acids is 1. The molecule has 116 valence electrons. The monoisotopic (exact) mass is 361 g/mol. The van der Waals surface area contributed by atoms with Crippen LogP contribution in [0.15, 0.2) is 41.0 Å². The van der Waals surface area contributed by atoms with E-state index in [1.54, 1.807) is 17.2 Å².